The minimum absolute atomic E-state index is 0.637. The highest BCUT2D eigenvalue weighted by Gasteiger charge is 2.40. The van der Waals surface area contributed by atoms with Crippen molar-refractivity contribution in [1.29, 1.82) is 0 Å². The smallest absolute Gasteiger partial charge is 0.330 e. The van der Waals surface area contributed by atoms with Crippen LogP contribution in [0.1, 0.15) is 34.1 Å². The summed E-state index contributed by atoms with van der Waals surface area (Å²) < 4.78 is 5.83. The van der Waals surface area contributed by atoms with Crippen molar-refractivity contribution >= 4 is 18.6 Å². The second kappa shape index (κ2) is 6.36. The van der Waals surface area contributed by atoms with E-state index in [-0.39, 0.29) is 0 Å². The van der Waals surface area contributed by atoms with Crippen LogP contribution in [-0.4, -0.2) is 61.4 Å². The van der Waals surface area contributed by atoms with E-state index in [9.17, 15) is 5.11 Å². The second-order valence-corrected chi connectivity index (χ2v) is 8.43. The normalized spacial score (nSPS) is 25.2. The topological polar surface area (TPSA) is 35.9 Å². The molecular weight excluding hydrogens is 299 g/mol. The zero-order valence-electron chi connectivity index (χ0n) is 15.6. The van der Waals surface area contributed by atoms with Gasteiger partial charge in [0.05, 0.1) is 11.2 Å². The van der Waals surface area contributed by atoms with E-state index in [4.69, 9.17) is 4.65 Å². The van der Waals surface area contributed by atoms with Gasteiger partial charge in [-0.2, -0.15) is 0 Å². The van der Waals surface area contributed by atoms with E-state index in [0.29, 0.717) is 6.04 Å². The van der Waals surface area contributed by atoms with Crippen molar-refractivity contribution in [2.45, 2.75) is 51.4 Å². The van der Waals surface area contributed by atoms with E-state index >= 15 is 0 Å². The van der Waals surface area contributed by atoms with Gasteiger partial charge in [0, 0.05) is 31.4 Å². The van der Waals surface area contributed by atoms with Gasteiger partial charge in [0.1, 0.15) is 0 Å². The maximum atomic E-state index is 10.2. The third-order valence-corrected chi connectivity index (χ3v) is 5.92. The van der Waals surface area contributed by atoms with Crippen LogP contribution in [-0.2, 0) is 4.65 Å². The standard InChI is InChI=1S/C19H30BN2O2/c1-18(2,23)19(3,4)24-20-15-6-8-16(9-7-15)22-11-10-14-12-21(5)13-17(14)22/h6-9,14,17,23H,10-13H2,1-5H3/t14?,17-/m0/s1. The van der Waals surface area contributed by atoms with E-state index in [2.05, 4.69) is 41.1 Å². The van der Waals surface area contributed by atoms with Crippen molar-refractivity contribution in [2.24, 2.45) is 5.92 Å². The number of nitrogens with zero attached hydrogens (tertiary/aromatic N) is 2. The Morgan fingerprint density at radius 1 is 1.12 bits per heavy atom. The van der Waals surface area contributed by atoms with Crippen LogP contribution < -0.4 is 10.4 Å². The van der Waals surface area contributed by atoms with Crippen molar-refractivity contribution in [3.63, 3.8) is 0 Å². The molecule has 0 saturated carbocycles. The van der Waals surface area contributed by atoms with Crippen molar-refractivity contribution in [1.82, 2.24) is 4.90 Å². The minimum Gasteiger partial charge on any atom is -0.427 e. The van der Waals surface area contributed by atoms with Crippen molar-refractivity contribution in [2.75, 3.05) is 31.6 Å². The molecule has 1 aromatic carbocycles. The fourth-order valence-corrected chi connectivity index (χ4v) is 3.60. The van der Waals surface area contributed by atoms with Crippen LogP contribution in [0.4, 0.5) is 5.69 Å². The van der Waals surface area contributed by atoms with Crippen LogP contribution in [0, 0.1) is 5.92 Å². The molecule has 2 aliphatic rings. The summed E-state index contributed by atoms with van der Waals surface area (Å²) >= 11 is 0. The van der Waals surface area contributed by atoms with E-state index < -0.39 is 11.2 Å². The Kier molecular flexibility index (Phi) is 4.71. The number of anilines is 1. The summed E-state index contributed by atoms with van der Waals surface area (Å²) in [5.74, 6) is 0.817. The van der Waals surface area contributed by atoms with Gasteiger partial charge >= 0.3 is 7.48 Å². The number of benzene rings is 1. The molecule has 2 aliphatic heterocycles. The van der Waals surface area contributed by atoms with Gasteiger partial charge in [-0.05, 0) is 59.2 Å². The molecule has 2 fully saturated rings. The Hall–Kier alpha value is -1.04. The lowest BCUT2D eigenvalue weighted by Crippen LogP contribution is -2.49. The number of hydrogen-bond acceptors (Lipinski definition) is 4. The van der Waals surface area contributed by atoms with Gasteiger partial charge in [-0.15, -0.1) is 0 Å². The molecule has 24 heavy (non-hydrogen) atoms. The molecule has 0 aromatic heterocycles. The Morgan fingerprint density at radius 3 is 2.42 bits per heavy atom. The first-order chi connectivity index (χ1) is 11.2. The summed E-state index contributed by atoms with van der Waals surface area (Å²) in [5, 5.41) is 10.2. The summed E-state index contributed by atoms with van der Waals surface area (Å²) in [6.07, 6.45) is 1.30. The van der Waals surface area contributed by atoms with Crippen LogP contribution in [0.5, 0.6) is 0 Å². The highest BCUT2D eigenvalue weighted by Crippen LogP contribution is 2.34. The lowest BCUT2D eigenvalue weighted by molar-refractivity contribution is -0.0893. The van der Waals surface area contributed by atoms with Gasteiger partial charge in [-0.25, -0.2) is 0 Å². The molecule has 1 N–H and O–H groups in total. The number of aliphatic hydroxyl groups is 1. The summed E-state index contributed by atoms with van der Waals surface area (Å²) in [7, 11) is 3.97. The molecule has 5 heteroatoms. The minimum atomic E-state index is -0.900. The first-order valence-electron chi connectivity index (χ1n) is 8.96. The van der Waals surface area contributed by atoms with Gasteiger partial charge in [0.15, 0.2) is 0 Å². The Bertz CT molecular complexity index is 568. The van der Waals surface area contributed by atoms with E-state index in [1.807, 2.05) is 13.8 Å². The number of likely N-dealkylation sites (tertiary alicyclic amines) is 1. The molecular formula is C19H30BN2O2. The maximum Gasteiger partial charge on any atom is 0.330 e. The molecule has 131 valence electrons. The zero-order valence-corrected chi connectivity index (χ0v) is 15.6. The van der Waals surface area contributed by atoms with E-state index in [0.717, 1.165) is 17.9 Å². The van der Waals surface area contributed by atoms with Gasteiger partial charge < -0.3 is 19.6 Å². The number of rotatable bonds is 5. The molecule has 2 atom stereocenters. The van der Waals surface area contributed by atoms with Gasteiger partial charge in [-0.1, -0.05) is 17.6 Å². The maximum absolute atomic E-state index is 10.2. The van der Waals surface area contributed by atoms with Gasteiger partial charge in [0.25, 0.3) is 0 Å². The van der Waals surface area contributed by atoms with Crippen molar-refractivity contribution in [3.8, 4) is 0 Å². The summed E-state index contributed by atoms with van der Waals surface area (Å²) in [6.45, 7) is 10.9. The SMILES string of the molecule is CN1CC2CCN(c3ccc([B]OC(C)(C)C(C)(C)O)cc3)[C@H]2C1. The van der Waals surface area contributed by atoms with E-state index in [1.54, 1.807) is 21.3 Å². The number of hydrogen-bond donors (Lipinski definition) is 1. The van der Waals surface area contributed by atoms with Crippen LogP contribution in [0.25, 0.3) is 0 Å². The first-order valence-corrected chi connectivity index (χ1v) is 8.96. The molecule has 2 heterocycles. The first kappa shape index (κ1) is 17.8. The quantitative estimate of drug-likeness (QED) is 0.833. The summed E-state index contributed by atoms with van der Waals surface area (Å²) in [5.41, 5.74) is 0.789. The molecule has 0 amide bonds. The second-order valence-electron chi connectivity index (χ2n) is 8.43. The molecule has 0 bridgehead atoms. The Labute approximate surface area is 147 Å². The highest BCUT2D eigenvalue weighted by molar-refractivity contribution is 6.47. The molecule has 0 spiro atoms. The largest absolute Gasteiger partial charge is 0.427 e. The lowest BCUT2D eigenvalue weighted by Gasteiger charge is -2.37. The van der Waals surface area contributed by atoms with Crippen LogP contribution in [0.3, 0.4) is 0 Å². The third kappa shape index (κ3) is 3.49. The fraction of sp³-hybridized carbons (Fsp3) is 0.684. The Balaban J connectivity index is 1.62. The summed E-state index contributed by atoms with van der Waals surface area (Å²) in [4.78, 5) is 5.00. The van der Waals surface area contributed by atoms with Crippen LogP contribution >= 0.6 is 0 Å². The molecule has 2 saturated heterocycles. The van der Waals surface area contributed by atoms with Gasteiger partial charge in [0.2, 0.25) is 0 Å². The van der Waals surface area contributed by atoms with Crippen LogP contribution in [0.2, 0.25) is 0 Å². The molecule has 1 radical (unpaired) electrons. The lowest BCUT2D eigenvalue weighted by atomic mass is 9.82. The molecule has 1 unspecified atom stereocenters. The molecule has 3 rings (SSSR count). The highest BCUT2D eigenvalue weighted by atomic mass is 16.5. The summed E-state index contributed by atoms with van der Waals surface area (Å²) in [6, 6.07) is 9.24. The van der Waals surface area contributed by atoms with Crippen molar-refractivity contribution < 1.29 is 9.76 Å². The predicted octanol–water partition coefficient (Wildman–Crippen LogP) is 1.64. The van der Waals surface area contributed by atoms with Gasteiger partial charge in [-0.3, -0.25) is 0 Å². The van der Waals surface area contributed by atoms with Crippen molar-refractivity contribution in [3.05, 3.63) is 24.3 Å². The Morgan fingerprint density at radius 2 is 1.79 bits per heavy atom. The molecule has 0 aliphatic carbocycles. The molecule has 1 aromatic rings. The molecule has 4 nitrogen and oxygen atoms in total. The van der Waals surface area contributed by atoms with Crippen LogP contribution in [0.15, 0.2) is 24.3 Å². The zero-order chi connectivity index (χ0) is 17.5. The number of fused-ring (bicyclic) bond motifs is 1. The van der Waals surface area contributed by atoms with E-state index in [1.165, 1.54) is 25.2 Å². The third-order valence-electron chi connectivity index (χ3n) is 5.92. The monoisotopic (exact) mass is 329 g/mol. The average Bonchev–Trinajstić information content (AvgIpc) is 3.03. The number of likely N-dealkylation sites (N-methyl/N-ethyl adjacent to an activating group) is 1. The predicted molar refractivity (Wildman–Crippen MR) is 100 cm³/mol. The average molecular weight is 329 g/mol. The fourth-order valence-electron chi connectivity index (χ4n) is 3.60.